The van der Waals surface area contributed by atoms with Gasteiger partial charge in [0.2, 0.25) is 5.91 Å². The van der Waals surface area contributed by atoms with Gasteiger partial charge in [0.1, 0.15) is 4.90 Å². The van der Waals surface area contributed by atoms with Gasteiger partial charge in [-0.2, -0.15) is 0 Å². The fourth-order valence-electron chi connectivity index (χ4n) is 3.28. The van der Waals surface area contributed by atoms with Crippen molar-refractivity contribution in [3.63, 3.8) is 0 Å². The lowest BCUT2D eigenvalue weighted by Crippen LogP contribution is -2.34. The number of sulfonamides is 1. The number of nitrogens with zero attached hydrogens (tertiary/aromatic N) is 2. The summed E-state index contributed by atoms with van der Waals surface area (Å²) >= 11 is 3.42. The Labute approximate surface area is 168 Å². The molecule has 0 radical (unpaired) electrons. The largest absolute Gasteiger partial charge is 0.310 e. The monoisotopic (exact) mass is 448 g/mol. The second kappa shape index (κ2) is 7.86. The van der Waals surface area contributed by atoms with Gasteiger partial charge in [-0.1, -0.05) is 47.1 Å². The minimum absolute atomic E-state index is 0.0810. The Morgan fingerprint density at radius 3 is 2.63 bits per heavy atom. The predicted octanol–water partition coefficient (Wildman–Crippen LogP) is 4.13. The smallest absolute Gasteiger partial charge is 0.266 e. The average molecular weight is 449 g/mol. The Hall–Kier alpha value is -2.12. The summed E-state index contributed by atoms with van der Waals surface area (Å²) in [7, 11) is -3.90. The minimum Gasteiger partial charge on any atom is -0.310 e. The summed E-state index contributed by atoms with van der Waals surface area (Å²) in [4.78, 5) is 14.1. The molecule has 0 bridgehead atoms. The van der Waals surface area contributed by atoms with Crippen LogP contribution in [-0.4, -0.2) is 27.4 Å². The van der Waals surface area contributed by atoms with E-state index in [1.165, 1.54) is 4.31 Å². The highest BCUT2D eigenvalue weighted by molar-refractivity contribution is 9.10. The van der Waals surface area contributed by atoms with Crippen LogP contribution in [0.5, 0.6) is 0 Å². The van der Waals surface area contributed by atoms with E-state index in [9.17, 15) is 13.2 Å². The molecule has 5 nitrogen and oxygen atoms in total. The SMILES string of the molecule is C=CCN(c1ccccc1)S(=O)(=O)c1cc(Br)cc2c1N(C(=O)CC)CC2. The molecular formula is C20H21BrN2O3S. The molecule has 1 amide bonds. The molecule has 1 aliphatic rings. The van der Waals surface area contributed by atoms with Crippen LogP contribution in [0.4, 0.5) is 11.4 Å². The van der Waals surface area contributed by atoms with Crippen molar-refractivity contribution in [3.8, 4) is 0 Å². The molecule has 0 saturated heterocycles. The molecule has 0 aliphatic carbocycles. The molecule has 0 unspecified atom stereocenters. The molecule has 0 N–H and O–H groups in total. The zero-order valence-electron chi connectivity index (χ0n) is 15.1. The van der Waals surface area contributed by atoms with Crippen molar-refractivity contribution in [2.75, 3.05) is 22.3 Å². The fraction of sp³-hybridized carbons (Fsp3) is 0.250. The van der Waals surface area contributed by atoms with Gasteiger partial charge in [-0.3, -0.25) is 9.10 Å². The summed E-state index contributed by atoms with van der Waals surface area (Å²) in [5, 5.41) is 0. The molecule has 3 rings (SSSR count). The number of hydrogen-bond donors (Lipinski definition) is 0. The van der Waals surface area contributed by atoms with Crippen molar-refractivity contribution in [1.82, 2.24) is 0 Å². The number of carbonyl (C=O) groups is 1. The molecular weight excluding hydrogens is 428 g/mol. The number of para-hydroxylation sites is 1. The molecule has 0 fully saturated rings. The number of benzene rings is 2. The van der Waals surface area contributed by atoms with Gasteiger partial charge in [0.25, 0.3) is 10.0 Å². The van der Waals surface area contributed by atoms with Gasteiger partial charge < -0.3 is 4.90 Å². The molecule has 1 aliphatic heterocycles. The Morgan fingerprint density at radius 1 is 1.30 bits per heavy atom. The van der Waals surface area contributed by atoms with E-state index in [0.29, 0.717) is 35.2 Å². The number of carbonyl (C=O) groups excluding carboxylic acids is 1. The molecule has 142 valence electrons. The first-order valence-corrected chi connectivity index (χ1v) is 10.9. The molecule has 27 heavy (non-hydrogen) atoms. The lowest BCUT2D eigenvalue weighted by Gasteiger charge is -2.26. The lowest BCUT2D eigenvalue weighted by atomic mass is 10.2. The third kappa shape index (κ3) is 3.66. The molecule has 0 atom stereocenters. The molecule has 2 aromatic carbocycles. The van der Waals surface area contributed by atoms with Crippen molar-refractivity contribution in [2.45, 2.75) is 24.7 Å². The zero-order chi connectivity index (χ0) is 19.6. The van der Waals surface area contributed by atoms with Gasteiger partial charge >= 0.3 is 0 Å². The number of rotatable bonds is 6. The van der Waals surface area contributed by atoms with E-state index < -0.39 is 10.0 Å². The highest BCUT2D eigenvalue weighted by Gasteiger charge is 2.35. The Bertz CT molecular complexity index is 974. The maximum Gasteiger partial charge on any atom is 0.266 e. The topological polar surface area (TPSA) is 57.7 Å². The van der Waals surface area contributed by atoms with E-state index in [-0.39, 0.29) is 17.3 Å². The van der Waals surface area contributed by atoms with E-state index in [2.05, 4.69) is 22.5 Å². The third-order valence-corrected chi connectivity index (χ3v) is 6.77. The first kappa shape index (κ1) is 19.6. The maximum atomic E-state index is 13.6. The second-order valence-electron chi connectivity index (χ2n) is 6.22. The Morgan fingerprint density at radius 2 is 2.00 bits per heavy atom. The summed E-state index contributed by atoms with van der Waals surface area (Å²) in [6.07, 6.45) is 2.51. The van der Waals surface area contributed by atoms with E-state index in [4.69, 9.17) is 0 Å². The van der Waals surface area contributed by atoms with Gasteiger partial charge in [0.15, 0.2) is 0 Å². The minimum atomic E-state index is -3.90. The van der Waals surface area contributed by atoms with E-state index in [1.54, 1.807) is 48.2 Å². The lowest BCUT2D eigenvalue weighted by molar-refractivity contribution is -0.118. The van der Waals surface area contributed by atoms with Crippen LogP contribution in [0.1, 0.15) is 18.9 Å². The third-order valence-electron chi connectivity index (χ3n) is 4.50. The number of halogens is 1. The van der Waals surface area contributed by atoms with Crippen molar-refractivity contribution < 1.29 is 13.2 Å². The van der Waals surface area contributed by atoms with Crippen LogP contribution in [0, 0.1) is 0 Å². The van der Waals surface area contributed by atoms with E-state index in [0.717, 1.165) is 5.56 Å². The maximum absolute atomic E-state index is 13.6. The summed E-state index contributed by atoms with van der Waals surface area (Å²) in [5.41, 5.74) is 1.91. The van der Waals surface area contributed by atoms with Gasteiger partial charge in [-0.05, 0) is 36.2 Å². The Kier molecular flexibility index (Phi) is 5.72. The predicted molar refractivity (Wildman–Crippen MR) is 112 cm³/mol. The van der Waals surface area contributed by atoms with Crippen molar-refractivity contribution in [1.29, 1.82) is 0 Å². The summed E-state index contributed by atoms with van der Waals surface area (Å²) in [6.45, 7) is 6.11. The van der Waals surface area contributed by atoms with Crippen LogP contribution in [0.15, 0.2) is 64.5 Å². The number of hydrogen-bond acceptors (Lipinski definition) is 3. The Balaban J connectivity index is 2.20. The van der Waals surface area contributed by atoms with Gasteiger partial charge in [0, 0.05) is 17.4 Å². The molecule has 7 heteroatoms. The van der Waals surface area contributed by atoms with Gasteiger partial charge in [-0.25, -0.2) is 8.42 Å². The van der Waals surface area contributed by atoms with Crippen LogP contribution in [0.2, 0.25) is 0 Å². The zero-order valence-corrected chi connectivity index (χ0v) is 17.5. The van der Waals surface area contributed by atoms with Crippen molar-refractivity contribution in [2.24, 2.45) is 0 Å². The first-order chi connectivity index (χ1) is 12.9. The van der Waals surface area contributed by atoms with Crippen LogP contribution in [0.3, 0.4) is 0 Å². The molecule has 2 aromatic rings. The number of amides is 1. The van der Waals surface area contributed by atoms with Crippen molar-refractivity contribution in [3.05, 3.63) is 65.2 Å². The van der Waals surface area contributed by atoms with Gasteiger partial charge in [-0.15, -0.1) is 6.58 Å². The standard InChI is InChI=1S/C20H21BrN2O3S/c1-3-11-23(17-8-6-5-7-9-17)27(25,26)18-14-16(21)13-15-10-12-22(20(15)18)19(24)4-2/h3,5-9,13-14H,1,4,10-12H2,2H3. The van der Waals surface area contributed by atoms with Crippen LogP contribution in [0.25, 0.3) is 0 Å². The molecule has 0 saturated carbocycles. The van der Waals surface area contributed by atoms with Crippen LogP contribution >= 0.6 is 15.9 Å². The summed E-state index contributed by atoms with van der Waals surface area (Å²) < 4.78 is 29.2. The highest BCUT2D eigenvalue weighted by Crippen LogP contribution is 2.39. The van der Waals surface area contributed by atoms with E-state index in [1.807, 2.05) is 12.1 Å². The average Bonchev–Trinajstić information content (AvgIpc) is 3.08. The number of fused-ring (bicyclic) bond motifs is 1. The summed E-state index contributed by atoms with van der Waals surface area (Å²) in [6, 6.07) is 12.4. The number of anilines is 2. The quantitative estimate of drug-likeness (QED) is 0.624. The normalized spacial score (nSPS) is 13.3. The van der Waals surface area contributed by atoms with Crippen LogP contribution < -0.4 is 9.21 Å². The molecule has 0 spiro atoms. The van der Waals surface area contributed by atoms with E-state index >= 15 is 0 Å². The van der Waals surface area contributed by atoms with Crippen LogP contribution in [-0.2, 0) is 21.2 Å². The second-order valence-corrected chi connectivity index (χ2v) is 8.97. The van der Waals surface area contributed by atoms with Crippen molar-refractivity contribution >= 4 is 43.2 Å². The fourth-order valence-corrected chi connectivity index (χ4v) is 5.64. The highest BCUT2D eigenvalue weighted by atomic mass is 79.9. The first-order valence-electron chi connectivity index (χ1n) is 8.71. The molecule has 0 aromatic heterocycles. The molecule has 1 heterocycles. The summed E-state index contributed by atoms with van der Waals surface area (Å²) in [5.74, 6) is -0.0810. The van der Waals surface area contributed by atoms with Gasteiger partial charge in [0.05, 0.1) is 17.9 Å².